The van der Waals surface area contributed by atoms with E-state index in [0.717, 1.165) is 6.07 Å². The van der Waals surface area contributed by atoms with Crippen molar-refractivity contribution in [2.24, 2.45) is 0 Å². The van der Waals surface area contributed by atoms with E-state index in [1.54, 1.807) is 0 Å². The highest BCUT2D eigenvalue weighted by atomic mass is 19.4. The third-order valence-electron chi connectivity index (χ3n) is 3.75. The second-order valence-electron chi connectivity index (χ2n) is 5.29. The zero-order valence-corrected chi connectivity index (χ0v) is 12.5. The third-order valence-corrected chi connectivity index (χ3v) is 3.75. The lowest BCUT2D eigenvalue weighted by molar-refractivity contribution is -0.140. The summed E-state index contributed by atoms with van der Waals surface area (Å²) in [6.07, 6.45) is -1.15. The molecule has 1 aliphatic rings. The van der Waals surface area contributed by atoms with Crippen molar-refractivity contribution in [3.05, 3.63) is 59.7 Å². The van der Waals surface area contributed by atoms with Gasteiger partial charge in [0.2, 0.25) is 0 Å². The van der Waals surface area contributed by atoms with Gasteiger partial charge >= 0.3 is 6.18 Å². The monoisotopic (exact) mass is 337 g/mol. The number of amides is 1. The summed E-state index contributed by atoms with van der Waals surface area (Å²) in [5, 5.41) is 0. The molecule has 8 heteroatoms. The Bertz CT molecular complexity index is 722. The average Bonchev–Trinajstić information content (AvgIpc) is 2.61. The van der Waals surface area contributed by atoms with E-state index in [1.165, 1.54) is 41.7 Å². The van der Waals surface area contributed by atoms with Gasteiger partial charge in [-0.1, -0.05) is 18.2 Å². The summed E-state index contributed by atoms with van der Waals surface area (Å²) in [6, 6.07) is 5.25. The van der Waals surface area contributed by atoms with E-state index in [-0.39, 0.29) is 30.3 Å². The molecule has 1 amide bonds. The topological polar surface area (TPSA) is 55.3 Å². The molecule has 1 fully saturated rings. The lowest BCUT2D eigenvalue weighted by Gasteiger charge is -2.34. The Kier molecular flexibility index (Phi) is 4.48. The lowest BCUT2D eigenvalue weighted by atomic mass is 10.0. The minimum absolute atomic E-state index is 0.0293. The number of rotatable bonds is 2. The normalized spacial score (nSPS) is 18.5. The first-order valence-electron chi connectivity index (χ1n) is 7.30. The van der Waals surface area contributed by atoms with E-state index < -0.39 is 17.8 Å². The molecular weight excluding hydrogens is 323 g/mol. The van der Waals surface area contributed by atoms with Crippen LogP contribution in [0, 0.1) is 0 Å². The smallest absolute Gasteiger partial charge is 0.370 e. The van der Waals surface area contributed by atoms with Gasteiger partial charge in [0, 0.05) is 18.9 Å². The van der Waals surface area contributed by atoms with Crippen molar-refractivity contribution in [3.63, 3.8) is 0 Å². The van der Waals surface area contributed by atoms with Crippen LogP contribution in [0.3, 0.4) is 0 Å². The highest BCUT2D eigenvalue weighted by molar-refractivity contribution is 5.92. The SMILES string of the molecule is O=C(c1cnccn1)N1CCO[C@@H](c2ccccc2C(F)(F)F)C1. The molecule has 1 aliphatic heterocycles. The van der Waals surface area contributed by atoms with Gasteiger partial charge in [-0.2, -0.15) is 13.2 Å². The number of morpholine rings is 1. The number of ether oxygens (including phenoxy) is 1. The number of hydrogen-bond donors (Lipinski definition) is 0. The van der Waals surface area contributed by atoms with Gasteiger partial charge in [0.1, 0.15) is 11.8 Å². The highest BCUT2D eigenvalue weighted by Crippen LogP contribution is 2.36. The molecular formula is C16H14F3N3O2. The fraction of sp³-hybridized carbons (Fsp3) is 0.312. The van der Waals surface area contributed by atoms with Crippen molar-refractivity contribution in [2.75, 3.05) is 19.7 Å². The van der Waals surface area contributed by atoms with E-state index >= 15 is 0 Å². The first-order chi connectivity index (χ1) is 11.5. The summed E-state index contributed by atoms with van der Waals surface area (Å²) in [7, 11) is 0. The van der Waals surface area contributed by atoms with Crippen LogP contribution in [0.1, 0.15) is 27.7 Å². The number of nitrogens with zero attached hydrogens (tertiary/aromatic N) is 3. The Morgan fingerprint density at radius 1 is 1.25 bits per heavy atom. The van der Waals surface area contributed by atoms with Gasteiger partial charge in [-0.15, -0.1) is 0 Å². The van der Waals surface area contributed by atoms with Gasteiger partial charge in [-0.05, 0) is 11.6 Å². The van der Waals surface area contributed by atoms with Crippen molar-refractivity contribution in [1.29, 1.82) is 0 Å². The van der Waals surface area contributed by atoms with Crippen molar-refractivity contribution < 1.29 is 22.7 Å². The van der Waals surface area contributed by atoms with Gasteiger partial charge in [-0.3, -0.25) is 9.78 Å². The summed E-state index contributed by atoms with van der Waals surface area (Å²) in [5.74, 6) is -0.374. The van der Waals surface area contributed by atoms with E-state index in [4.69, 9.17) is 4.74 Å². The van der Waals surface area contributed by atoms with E-state index in [0.29, 0.717) is 6.54 Å². The summed E-state index contributed by atoms with van der Waals surface area (Å²) in [6.45, 7) is 0.478. The van der Waals surface area contributed by atoms with Crippen LogP contribution in [0.4, 0.5) is 13.2 Å². The Morgan fingerprint density at radius 3 is 2.75 bits per heavy atom. The molecule has 0 bridgehead atoms. The van der Waals surface area contributed by atoms with Crippen LogP contribution in [0.5, 0.6) is 0 Å². The van der Waals surface area contributed by atoms with E-state index in [2.05, 4.69) is 9.97 Å². The second kappa shape index (κ2) is 6.56. The average molecular weight is 337 g/mol. The molecule has 2 aromatic rings. The molecule has 1 saturated heterocycles. The number of hydrogen-bond acceptors (Lipinski definition) is 4. The molecule has 0 radical (unpaired) electrons. The quantitative estimate of drug-likeness (QED) is 0.845. The molecule has 126 valence electrons. The van der Waals surface area contributed by atoms with Crippen LogP contribution < -0.4 is 0 Å². The maximum atomic E-state index is 13.2. The van der Waals surface area contributed by atoms with Crippen molar-refractivity contribution in [3.8, 4) is 0 Å². The Hall–Kier alpha value is -2.48. The van der Waals surface area contributed by atoms with Crippen LogP contribution in [0.2, 0.25) is 0 Å². The molecule has 1 aromatic carbocycles. The predicted octanol–water partition coefficient (Wildman–Crippen LogP) is 2.71. The Morgan fingerprint density at radius 2 is 2.04 bits per heavy atom. The molecule has 5 nitrogen and oxygen atoms in total. The number of benzene rings is 1. The standard InChI is InChI=1S/C16H14F3N3O2/c17-16(18,19)12-4-2-1-3-11(12)14-10-22(7-8-24-14)15(23)13-9-20-5-6-21-13/h1-6,9,14H,7-8,10H2/t14-/m1/s1. The largest absolute Gasteiger partial charge is 0.416 e. The molecule has 2 heterocycles. The molecule has 1 atom stereocenters. The van der Waals surface area contributed by atoms with Crippen LogP contribution in [-0.4, -0.2) is 40.5 Å². The first kappa shape index (κ1) is 16.4. The molecule has 3 rings (SSSR count). The maximum Gasteiger partial charge on any atom is 0.416 e. The van der Waals surface area contributed by atoms with Gasteiger partial charge < -0.3 is 9.64 Å². The summed E-state index contributed by atoms with van der Waals surface area (Å²) < 4.78 is 45.0. The van der Waals surface area contributed by atoms with Crippen LogP contribution in [0.15, 0.2) is 42.9 Å². The van der Waals surface area contributed by atoms with Gasteiger partial charge in [0.25, 0.3) is 5.91 Å². The fourth-order valence-electron chi connectivity index (χ4n) is 2.63. The number of carbonyl (C=O) groups excluding carboxylic acids is 1. The molecule has 0 N–H and O–H groups in total. The minimum atomic E-state index is -4.48. The maximum absolute atomic E-state index is 13.2. The Balaban J connectivity index is 1.83. The van der Waals surface area contributed by atoms with E-state index in [1.807, 2.05) is 0 Å². The summed E-state index contributed by atoms with van der Waals surface area (Å²) in [4.78, 5) is 21.6. The molecule has 0 saturated carbocycles. The predicted molar refractivity (Wildman–Crippen MR) is 78.1 cm³/mol. The molecule has 0 spiro atoms. The van der Waals surface area contributed by atoms with Crippen molar-refractivity contribution in [1.82, 2.24) is 14.9 Å². The number of alkyl halides is 3. The number of aromatic nitrogens is 2. The van der Waals surface area contributed by atoms with Gasteiger partial charge in [0.05, 0.1) is 24.9 Å². The third kappa shape index (κ3) is 3.38. The zero-order chi connectivity index (χ0) is 17.2. The fourth-order valence-corrected chi connectivity index (χ4v) is 2.63. The van der Waals surface area contributed by atoms with Crippen LogP contribution in [-0.2, 0) is 10.9 Å². The summed E-state index contributed by atoms with van der Waals surface area (Å²) in [5.41, 5.74) is -0.562. The van der Waals surface area contributed by atoms with Crippen molar-refractivity contribution in [2.45, 2.75) is 12.3 Å². The van der Waals surface area contributed by atoms with Crippen LogP contribution in [0.25, 0.3) is 0 Å². The second-order valence-corrected chi connectivity index (χ2v) is 5.29. The van der Waals surface area contributed by atoms with Crippen LogP contribution >= 0.6 is 0 Å². The van der Waals surface area contributed by atoms with Crippen molar-refractivity contribution >= 4 is 5.91 Å². The zero-order valence-electron chi connectivity index (χ0n) is 12.5. The molecule has 1 aromatic heterocycles. The summed E-state index contributed by atoms with van der Waals surface area (Å²) >= 11 is 0. The van der Waals surface area contributed by atoms with Gasteiger partial charge in [-0.25, -0.2) is 4.98 Å². The number of halogens is 3. The molecule has 0 aliphatic carbocycles. The van der Waals surface area contributed by atoms with Gasteiger partial charge in [0.15, 0.2) is 0 Å². The molecule has 24 heavy (non-hydrogen) atoms. The highest BCUT2D eigenvalue weighted by Gasteiger charge is 2.37. The molecule has 0 unspecified atom stereocenters. The Labute approximate surface area is 136 Å². The minimum Gasteiger partial charge on any atom is -0.370 e. The first-order valence-corrected chi connectivity index (χ1v) is 7.30. The lowest BCUT2D eigenvalue weighted by Crippen LogP contribution is -2.43. The number of carbonyl (C=O) groups is 1. The van der Waals surface area contributed by atoms with E-state index in [9.17, 15) is 18.0 Å².